The fraction of sp³-hybridized carbons (Fsp3) is 0.385. The standard InChI is InChI=1S/C13H17N5.2ClH/c1-17-6-8-18(9-7-17)13-15-11-5-3-2-4-10(11)12(14)16-13;;/h2-5H,6-9H2,1H3,(H2,14,15,16);2*1H. The zero-order valence-electron chi connectivity index (χ0n) is 11.4. The Hall–Kier alpha value is -1.14. The summed E-state index contributed by atoms with van der Waals surface area (Å²) in [5.41, 5.74) is 6.96. The monoisotopic (exact) mass is 315 g/mol. The summed E-state index contributed by atoms with van der Waals surface area (Å²) in [6.07, 6.45) is 0. The summed E-state index contributed by atoms with van der Waals surface area (Å²) < 4.78 is 0. The number of anilines is 1. The summed E-state index contributed by atoms with van der Waals surface area (Å²) in [6, 6.07) is 7.92. The van der Waals surface area contributed by atoms with Crippen LogP contribution in [0, 0.1) is 0 Å². The molecule has 1 aromatic heterocycles. The molecule has 5 nitrogen and oxygen atoms in total. The number of nitrogens with zero attached hydrogens (tertiary/aromatic N) is 2. The molecule has 110 valence electrons. The number of halogens is 2. The third-order valence-corrected chi connectivity index (χ3v) is 3.66. The Morgan fingerprint density at radius 1 is 1.00 bits per heavy atom. The van der Waals surface area contributed by atoms with E-state index < -0.39 is 0 Å². The number of aromatic nitrogens is 2. The van der Waals surface area contributed by atoms with Crippen LogP contribution in [0.1, 0.15) is 0 Å². The van der Waals surface area contributed by atoms with Gasteiger partial charge in [0, 0.05) is 5.39 Å². The van der Waals surface area contributed by atoms with E-state index in [0.29, 0.717) is 5.82 Å². The first kappa shape index (κ1) is 16.9. The van der Waals surface area contributed by atoms with Gasteiger partial charge >= 0.3 is 5.95 Å². The molecule has 7 heteroatoms. The van der Waals surface area contributed by atoms with Gasteiger partial charge in [-0.05, 0) is 12.1 Å². The van der Waals surface area contributed by atoms with E-state index in [4.69, 9.17) is 5.73 Å². The van der Waals surface area contributed by atoms with E-state index in [9.17, 15) is 0 Å². The van der Waals surface area contributed by atoms with Gasteiger partial charge in [-0.15, -0.1) is 0 Å². The van der Waals surface area contributed by atoms with Gasteiger partial charge in [-0.2, -0.15) is 9.97 Å². The van der Waals surface area contributed by atoms with Crippen LogP contribution in [-0.2, 0) is 0 Å². The van der Waals surface area contributed by atoms with E-state index in [1.165, 1.54) is 4.90 Å². The van der Waals surface area contributed by atoms with E-state index in [2.05, 4.69) is 17.0 Å². The van der Waals surface area contributed by atoms with Crippen molar-refractivity contribution in [3.8, 4) is 0 Å². The highest BCUT2D eigenvalue weighted by Crippen LogP contribution is 2.17. The maximum atomic E-state index is 6.02. The van der Waals surface area contributed by atoms with Crippen molar-refractivity contribution in [2.24, 2.45) is 0 Å². The van der Waals surface area contributed by atoms with Gasteiger partial charge in [0.25, 0.3) is 0 Å². The Labute approximate surface area is 131 Å². The van der Waals surface area contributed by atoms with Gasteiger partial charge in [-0.1, -0.05) is 12.1 Å². The SMILES string of the molecule is C[NH+]1CC[NH+](c2nc(N)c3ccccc3n2)CC1.[Cl-].[Cl-]. The molecule has 1 aliphatic heterocycles. The second kappa shape index (κ2) is 7.04. The van der Waals surface area contributed by atoms with Gasteiger partial charge in [-0.25, -0.2) is 0 Å². The summed E-state index contributed by atoms with van der Waals surface area (Å²) in [5, 5.41) is 0.945. The number of nitrogen functional groups attached to an aromatic ring is 1. The lowest BCUT2D eigenvalue weighted by Gasteiger charge is -2.25. The lowest BCUT2D eigenvalue weighted by atomic mass is 10.2. The van der Waals surface area contributed by atoms with Crippen molar-refractivity contribution < 1.29 is 34.6 Å². The van der Waals surface area contributed by atoms with Crippen LogP contribution >= 0.6 is 0 Å². The minimum Gasteiger partial charge on any atom is -1.00 e. The number of hydrogen-bond donors (Lipinski definition) is 3. The predicted octanol–water partition coefficient (Wildman–Crippen LogP) is -7.74. The van der Waals surface area contributed by atoms with E-state index in [1.807, 2.05) is 24.3 Å². The van der Waals surface area contributed by atoms with Crippen molar-refractivity contribution in [3.63, 3.8) is 0 Å². The number of hydrogen-bond acceptors (Lipinski definition) is 3. The zero-order chi connectivity index (χ0) is 12.5. The molecule has 1 saturated heterocycles. The van der Waals surface area contributed by atoms with Gasteiger partial charge in [-0.3, -0.25) is 4.90 Å². The number of nitrogens with one attached hydrogen (secondary N) is 2. The summed E-state index contributed by atoms with van der Waals surface area (Å²) >= 11 is 0. The third-order valence-electron chi connectivity index (χ3n) is 3.66. The van der Waals surface area contributed by atoms with Crippen molar-refractivity contribution in [1.29, 1.82) is 0 Å². The third kappa shape index (κ3) is 3.30. The van der Waals surface area contributed by atoms with Crippen LogP contribution in [0.4, 0.5) is 11.8 Å². The molecule has 1 aromatic carbocycles. The highest BCUT2D eigenvalue weighted by molar-refractivity contribution is 5.88. The van der Waals surface area contributed by atoms with Crippen molar-refractivity contribution >= 4 is 22.7 Å². The maximum Gasteiger partial charge on any atom is 0.330 e. The van der Waals surface area contributed by atoms with E-state index in [-0.39, 0.29) is 24.8 Å². The van der Waals surface area contributed by atoms with E-state index in [0.717, 1.165) is 43.0 Å². The second-order valence-corrected chi connectivity index (χ2v) is 5.01. The minimum atomic E-state index is 0. The second-order valence-electron chi connectivity index (χ2n) is 5.01. The normalized spacial score (nSPS) is 21.9. The number of benzene rings is 1. The molecule has 2 heterocycles. The molecule has 0 bridgehead atoms. The average Bonchev–Trinajstić information content (AvgIpc) is 2.39. The number of quaternary nitrogens is 2. The van der Waals surface area contributed by atoms with E-state index >= 15 is 0 Å². The molecule has 0 atom stereocenters. The van der Waals surface area contributed by atoms with E-state index in [1.54, 1.807) is 4.90 Å². The molecular formula is C13H19Cl2N5. The first-order chi connectivity index (χ1) is 8.74. The zero-order valence-corrected chi connectivity index (χ0v) is 12.9. The van der Waals surface area contributed by atoms with Crippen molar-refractivity contribution in [3.05, 3.63) is 24.3 Å². The highest BCUT2D eigenvalue weighted by atomic mass is 35.5. The van der Waals surface area contributed by atoms with Crippen LogP contribution in [0.25, 0.3) is 10.9 Å². The average molecular weight is 316 g/mol. The Morgan fingerprint density at radius 2 is 1.65 bits per heavy atom. The number of rotatable bonds is 1. The molecule has 4 N–H and O–H groups in total. The molecule has 0 spiro atoms. The van der Waals surface area contributed by atoms with Crippen LogP contribution in [0.15, 0.2) is 24.3 Å². The van der Waals surface area contributed by atoms with Crippen LogP contribution in [0.5, 0.6) is 0 Å². The first-order valence-electron chi connectivity index (χ1n) is 6.42. The smallest absolute Gasteiger partial charge is 0.330 e. The van der Waals surface area contributed by atoms with Gasteiger partial charge in [0.1, 0.15) is 32.0 Å². The topological polar surface area (TPSA) is 60.7 Å². The van der Waals surface area contributed by atoms with Crippen molar-refractivity contribution in [2.75, 3.05) is 39.0 Å². The van der Waals surface area contributed by atoms with Crippen LogP contribution in [-0.4, -0.2) is 43.2 Å². The number of piperazine rings is 1. The van der Waals surface area contributed by atoms with Crippen molar-refractivity contribution in [2.45, 2.75) is 0 Å². The summed E-state index contributed by atoms with van der Waals surface area (Å²) in [4.78, 5) is 12.0. The summed E-state index contributed by atoms with van der Waals surface area (Å²) in [7, 11) is 2.23. The van der Waals surface area contributed by atoms with Crippen LogP contribution < -0.4 is 40.3 Å². The Balaban J connectivity index is 0.000001000. The van der Waals surface area contributed by atoms with Gasteiger partial charge in [0.2, 0.25) is 0 Å². The number of fused-ring (bicyclic) bond motifs is 1. The lowest BCUT2D eigenvalue weighted by molar-refractivity contribution is -0.977. The molecular weight excluding hydrogens is 297 g/mol. The molecule has 20 heavy (non-hydrogen) atoms. The number of para-hydroxylation sites is 1. The fourth-order valence-corrected chi connectivity index (χ4v) is 2.46. The lowest BCUT2D eigenvalue weighted by Crippen LogP contribution is -3.25. The Morgan fingerprint density at radius 3 is 2.35 bits per heavy atom. The molecule has 3 rings (SSSR count). The van der Waals surface area contributed by atoms with Crippen molar-refractivity contribution in [1.82, 2.24) is 9.97 Å². The van der Waals surface area contributed by atoms with Crippen LogP contribution in [0.3, 0.4) is 0 Å². The quantitative estimate of drug-likeness (QED) is 0.490. The molecule has 0 aliphatic carbocycles. The molecule has 0 radical (unpaired) electrons. The van der Waals surface area contributed by atoms with Gasteiger partial charge in [0.05, 0.1) is 12.6 Å². The molecule has 0 saturated carbocycles. The molecule has 2 aromatic rings. The largest absolute Gasteiger partial charge is 1.00 e. The Kier molecular flexibility index (Phi) is 5.95. The molecule has 0 amide bonds. The molecule has 1 fully saturated rings. The summed E-state index contributed by atoms with van der Waals surface area (Å²) in [5.74, 6) is 1.44. The van der Waals surface area contributed by atoms with Gasteiger partial charge < -0.3 is 35.4 Å². The predicted molar refractivity (Wildman–Crippen MR) is 70.9 cm³/mol. The fourth-order valence-electron chi connectivity index (χ4n) is 2.46. The first-order valence-corrected chi connectivity index (χ1v) is 6.42. The number of nitrogens with two attached hydrogens (primary N) is 1. The maximum absolute atomic E-state index is 6.02. The van der Waals surface area contributed by atoms with Crippen LogP contribution in [0.2, 0.25) is 0 Å². The highest BCUT2D eigenvalue weighted by Gasteiger charge is 2.24. The molecule has 1 aliphatic rings. The minimum absolute atomic E-state index is 0. The summed E-state index contributed by atoms with van der Waals surface area (Å²) in [6.45, 7) is 4.46. The molecule has 0 unspecified atom stereocenters. The number of likely N-dealkylation sites (N-methyl/N-ethyl adjacent to an activating group) is 1. The Bertz CT molecular complexity index is 570. The van der Waals surface area contributed by atoms with Gasteiger partial charge in [0.15, 0.2) is 0 Å².